The number of imidazole rings is 1. The van der Waals surface area contributed by atoms with Gasteiger partial charge in [-0.05, 0) is 24.5 Å². The Morgan fingerprint density at radius 3 is 2.96 bits per heavy atom. The minimum atomic E-state index is -0.0739. The summed E-state index contributed by atoms with van der Waals surface area (Å²) in [5.74, 6) is 0.512. The number of rotatable bonds is 2. The molecule has 1 N–H and O–H groups in total. The van der Waals surface area contributed by atoms with Crippen molar-refractivity contribution < 1.29 is 4.79 Å². The molecule has 0 unspecified atom stereocenters. The smallest absolute Gasteiger partial charge is 0.321 e. The molecule has 2 aromatic heterocycles. The highest BCUT2D eigenvalue weighted by Gasteiger charge is 2.30. The van der Waals surface area contributed by atoms with E-state index in [0.717, 1.165) is 29.6 Å². The quantitative estimate of drug-likeness (QED) is 0.779. The number of aromatic nitrogens is 3. The highest BCUT2D eigenvalue weighted by Crippen LogP contribution is 2.28. The van der Waals surface area contributed by atoms with Gasteiger partial charge in [-0.2, -0.15) is 0 Å². The van der Waals surface area contributed by atoms with Gasteiger partial charge >= 0.3 is 6.03 Å². The molecule has 25 heavy (non-hydrogen) atoms. The Kier molecular flexibility index (Phi) is 4.09. The number of pyridine rings is 1. The summed E-state index contributed by atoms with van der Waals surface area (Å²) < 4.78 is 2.10. The Labute approximate surface area is 146 Å². The van der Waals surface area contributed by atoms with E-state index in [0.29, 0.717) is 12.5 Å². The van der Waals surface area contributed by atoms with Gasteiger partial charge in [0, 0.05) is 37.1 Å². The molecule has 0 spiro atoms. The van der Waals surface area contributed by atoms with Crippen LogP contribution in [0.15, 0.2) is 55.2 Å². The molecule has 3 aromatic rings. The molecule has 1 fully saturated rings. The lowest BCUT2D eigenvalue weighted by atomic mass is 9.93. The minimum absolute atomic E-state index is 0.0739. The van der Waals surface area contributed by atoms with Crippen LogP contribution in [0.2, 0.25) is 0 Å². The first-order chi connectivity index (χ1) is 12.2. The average molecular weight is 335 g/mol. The fraction of sp³-hybridized carbons (Fsp3) is 0.316. The standard InChI is InChI=1S/C19H21N5O/c1-14-7-10-23(12-17(14)24-11-9-20-13-24)19(25)22-16-6-2-4-15-5-3-8-21-18(15)16/h2-6,8-9,11,13-14,17H,7,10,12H2,1H3,(H,22,25)/t14-,17+/m1/s1. The number of nitrogens with zero attached hydrogens (tertiary/aromatic N) is 4. The number of anilines is 1. The number of likely N-dealkylation sites (tertiary alicyclic amines) is 1. The van der Waals surface area contributed by atoms with Crippen LogP contribution in [0.1, 0.15) is 19.4 Å². The summed E-state index contributed by atoms with van der Waals surface area (Å²) in [4.78, 5) is 23.2. The molecule has 1 saturated heterocycles. The number of nitrogens with one attached hydrogen (secondary N) is 1. The van der Waals surface area contributed by atoms with Crippen LogP contribution in [0.25, 0.3) is 10.9 Å². The summed E-state index contributed by atoms with van der Waals surface area (Å²) in [7, 11) is 0. The number of para-hydroxylation sites is 1. The molecule has 1 aliphatic heterocycles. The van der Waals surface area contributed by atoms with Gasteiger partial charge in [0.05, 0.1) is 23.6 Å². The first kappa shape index (κ1) is 15.6. The third-order valence-electron chi connectivity index (χ3n) is 4.99. The molecule has 3 heterocycles. The SMILES string of the molecule is C[C@@H]1CCN(C(=O)Nc2cccc3cccnc23)C[C@@H]1n1ccnc1. The molecule has 2 amide bonds. The zero-order valence-electron chi connectivity index (χ0n) is 14.2. The maximum atomic E-state index is 12.8. The molecule has 128 valence electrons. The van der Waals surface area contributed by atoms with E-state index in [9.17, 15) is 4.79 Å². The second kappa shape index (κ2) is 6.55. The molecule has 1 aliphatic rings. The van der Waals surface area contributed by atoms with Gasteiger partial charge < -0.3 is 14.8 Å². The summed E-state index contributed by atoms with van der Waals surface area (Å²) in [5.41, 5.74) is 1.57. The van der Waals surface area contributed by atoms with E-state index in [1.807, 2.05) is 47.8 Å². The molecule has 2 atom stereocenters. The molecule has 0 saturated carbocycles. The largest absolute Gasteiger partial charge is 0.332 e. The van der Waals surface area contributed by atoms with Gasteiger partial charge in [0.15, 0.2) is 0 Å². The van der Waals surface area contributed by atoms with Crippen LogP contribution in [-0.2, 0) is 0 Å². The zero-order chi connectivity index (χ0) is 17.2. The van der Waals surface area contributed by atoms with Crippen molar-refractivity contribution in [2.75, 3.05) is 18.4 Å². The number of urea groups is 1. The number of carbonyl (C=O) groups excluding carboxylic acids is 1. The van der Waals surface area contributed by atoms with Gasteiger partial charge in [0.25, 0.3) is 0 Å². The van der Waals surface area contributed by atoms with E-state index in [1.165, 1.54) is 0 Å². The summed E-state index contributed by atoms with van der Waals surface area (Å²) in [5, 5.41) is 4.05. The van der Waals surface area contributed by atoms with Gasteiger partial charge in [0.2, 0.25) is 0 Å². The van der Waals surface area contributed by atoms with E-state index >= 15 is 0 Å². The molecule has 6 heteroatoms. The van der Waals surface area contributed by atoms with Crippen molar-refractivity contribution in [3.63, 3.8) is 0 Å². The van der Waals surface area contributed by atoms with E-state index in [2.05, 4.69) is 26.8 Å². The summed E-state index contributed by atoms with van der Waals surface area (Å²) in [6.45, 7) is 3.67. The first-order valence-electron chi connectivity index (χ1n) is 8.59. The molecule has 6 nitrogen and oxygen atoms in total. The van der Waals surface area contributed by atoms with Crippen LogP contribution in [-0.4, -0.2) is 38.6 Å². The number of hydrogen-bond donors (Lipinski definition) is 1. The second-order valence-corrected chi connectivity index (χ2v) is 6.60. The van der Waals surface area contributed by atoms with E-state index in [4.69, 9.17) is 0 Å². The van der Waals surface area contributed by atoms with Crippen LogP contribution in [0.5, 0.6) is 0 Å². The van der Waals surface area contributed by atoms with E-state index < -0.39 is 0 Å². The highest BCUT2D eigenvalue weighted by molar-refractivity contribution is 5.99. The van der Waals surface area contributed by atoms with Crippen LogP contribution in [0, 0.1) is 5.92 Å². The molecule has 0 radical (unpaired) electrons. The highest BCUT2D eigenvalue weighted by atomic mass is 16.2. The molecular weight excluding hydrogens is 314 g/mol. The normalized spacial score (nSPS) is 20.6. The van der Waals surface area contributed by atoms with Gasteiger partial charge in [-0.15, -0.1) is 0 Å². The van der Waals surface area contributed by atoms with Crippen molar-refractivity contribution in [2.24, 2.45) is 5.92 Å². The predicted molar refractivity (Wildman–Crippen MR) is 97.4 cm³/mol. The van der Waals surface area contributed by atoms with Crippen molar-refractivity contribution in [3.05, 3.63) is 55.2 Å². The lowest BCUT2D eigenvalue weighted by molar-refractivity contribution is 0.149. The van der Waals surface area contributed by atoms with Gasteiger partial charge in [-0.25, -0.2) is 9.78 Å². The van der Waals surface area contributed by atoms with Crippen molar-refractivity contribution in [3.8, 4) is 0 Å². The van der Waals surface area contributed by atoms with Crippen LogP contribution < -0.4 is 5.32 Å². The number of benzene rings is 1. The third-order valence-corrected chi connectivity index (χ3v) is 4.99. The molecule has 0 aliphatic carbocycles. The molecular formula is C19H21N5O. The fourth-order valence-electron chi connectivity index (χ4n) is 3.49. The molecule has 1 aromatic carbocycles. The number of fused-ring (bicyclic) bond motifs is 1. The maximum absolute atomic E-state index is 12.8. The van der Waals surface area contributed by atoms with Crippen LogP contribution in [0.3, 0.4) is 0 Å². The Hall–Kier alpha value is -2.89. The zero-order valence-corrected chi connectivity index (χ0v) is 14.2. The monoisotopic (exact) mass is 335 g/mol. The molecule has 0 bridgehead atoms. The summed E-state index contributed by atoms with van der Waals surface area (Å²) in [6.07, 6.45) is 8.31. The van der Waals surface area contributed by atoms with Gasteiger partial charge in [0.1, 0.15) is 0 Å². The van der Waals surface area contributed by atoms with Gasteiger partial charge in [-0.1, -0.05) is 25.1 Å². The summed E-state index contributed by atoms with van der Waals surface area (Å²) >= 11 is 0. The Bertz CT molecular complexity index is 871. The van der Waals surface area contributed by atoms with Crippen molar-refractivity contribution in [1.82, 2.24) is 19.4 Å². The lowest BCUT2D eigenvalue weighted by Gasteiger charge is -2.37. The Morgan fingerprint density at radius 1 is 1.24 bits per heavy atom. The van der Waals surface area contributed by atoms with E-state index in [1.54, 1.807) is 12.4 Å². The van der Waals surface area contributed by atoms with Crippen molar-refractivity contribution >= 4 is 22.6 Å². The minimum Gasteiger partial charge on any atom is -0.332 e. The lowest BCUT2D eigenvalue weighted by Crippen LogP contribution is -2.45. The predicted octanol–water partition coefficient (Wildman–Crippen LogP) is 3.55. The average Bonchev–Trinajstić information content (AvgIpc) is 3.17. The van der Waals surface area contributed by atoms with Crippen molar-refractivity contribution in [2.45, 2.75) is 19.4 Å². The number of piperidine rings is 1. The maximum Gasteiger partial charge on any atom is 0.321 e. The Morgan fingerprint density at radius 2 is 2.12 bits per heavy atom. The van der Waals surface area contributed by atoms with Crippen molar-refractivity contribution in [1.29, 1.82) is 0 Å². The topological polar surface area (TPSA) is 63.1 Å². The first-order valence-corrected chi connectivity index (χ1v) is 8.59. The van der Waals surface area contributed by atoms with Gasteiger partial charge in [-0.3, -0.25) is 4.98 Å². The fourth-order valence-corrected chi connectivity index (χ4v) is 3.49. The number of amides is 2. The third kappa shape index (κ3) is 3.07. The van der Waals surface area contributed by atoms with E-state index in [-0.39, 0.29) is 12.1 Å². The van der Waals surface area contributed by atoms with Crippen LogP contribution >= 0.6 is 0 Å². The summed E-state index contributed by atoms with van der Waals surface area (Å²) in [6, 6.07) is 9.91. The number of hydrogen-bond acceptors (Lipinski definition) is 3. The number of carbonyl (C=O) groups is 1. The van der Waals surface area contributed by atoms with Crippen LogP contribution in [0.4, 0.5) is 10.5 Å². The molecule has 4 rings (SSSR count). The Balaban J connectivity index is 1.53. The second-order valence-electron chi connectivity index (χ2n) is 6.60.